The van der Waals surface area contributed by atoms with Crippen molar-refractivity contribution in [1.82, 2.24) is 20.5 Å². The second-order valence-corrected chi connectivity index (χ2v) is 4.33. The lowest BCUT2D eigenvalue weighted by Gasteiger charge is -1.94. The minimum Gasteiger partial charge on any atom is -0.464 e. The Kier molecular flexibility index (Phi) is 3.63. The summed E-state index contributed by atoms with van der Waals surface area (Å²) in [5, 5.41) is 10.7. The first-order chi connectivity index (χ1) is 7.78. The molecule has 0 atom stereocenters. The van der Waals surface area contributed by atoms with E-state index in [1.807, 2.05) is 26.1 Å². The van der Waals surface area contributed by atoms with Gasteiger partial charge in [-0.15, -0.1) is 5.10 Å². The molecule has 5 nitrogen and oxygen atoms in total. The smallest absolute Gasteiger partial charge is 0.208 e. The molecule has 0 radical (unpaired) electrons. The van der Waals surface area contributed by atoms with E-state index in [2.05, 4.69) is 20.5 Å². The molecule has 0 aromatic carbocycles. The highest BCUT2D eigenvalue weighted by Crippen LogP contribution is 2.20. The summed E-state index contributed by atoms with van der Waals surface area (Å²) in [4.78, 5) is 4.21. The standard InChI is InChI=1S/C10H14N4OS/c1-7-12-10(14-13-7)16-6-9-4-3-8(15-9)5-11-2/h3-4,11H,5-6H2,1-2H3,(H,12,13,14). The van der Waals surface area contributed by atoms with Gasteiger partial charge in [-0.1, -0.05) is 11.8 Å². The van der Waals surface area contributed by atoms with E-state index in [9.17, 15) is 0 Å². The summed E-state index contributed by atoms with van der Waals surface area (Å²) in [6.07, 6.45) is 0. The van der Waals surface area contributed by atoms with Crippen LogP contribution in [-0.4, -0.2) is 22.2 Å². The first-order valence-electron chi connectivity index (χ1n) is 5.02. The van der Waals surface area contributed by atoms with E-state index in [-0.39, 0.29) is 0 Å². The van der Waals surface area contributed by atoms with Gasteiger partial charge in [0.2, 0.25) is 5.16 Å². The molecule has 0 unspecified atom stereocenters. The van der Waals surface area contributed by atoms with Gasteiger partial charge in [0.25, 0.3) is 0 Å². The Hall–Kier alpha value is -1.27. The molecule has 2 heterocycles. The molecule has 6 heteroatoms. The molecule has 2 aromatic rings. The summed E-state index contributed by atoms with van der Waals surface area (Å²) in [7, 11) is 1.90. The summed E-state index contributed by atoms with van der Waals surface area (Å²) in [6, 6.07) is 3.97. The van der Waals surface area contributed by atoms with E-state index in [1.165, 1.54) is 0 Å². The van der Waals surface area contributed by atoms with Crippen molar-refractivity contribution in [1.29, 1.82) is 0 Å². The van der Waals surface area contributed by atoms with Crippen LogP contribution in [0.2, 0.25) is 0 Å². The molecule has 0 spiro atoms. The predicted octanol–water partition coefficient (Wildman–Crippen LogP) is 1.72. The maximum atomic E-state index is 5.60. The number of furan rings is 1. The Morgan fingerprint density at radius 2 is 2.25 bits per heavy atom. The molecule has 86 valence electrons. The molecule has 0 bridgehead atoms. The number of rotatable bonds is 5. The molecule has 2 N–H and O–H groups in total. The molecule has 0 amide bonds. The molecule has 2 aromatic heterocycles. The molecule has 16 heavy (non-hydrogen) atoms. The van der Waals surface area contributed by atoms with Crippen LogP contribution in [0.25, 0.3) is 0 Å². The fourth-order valence-corrected chi connectivity index (χ4v) is 2.03. The lowest BCUT2D eigenvalue weighted by Crippen LogP contribution is -2.03. The molecule has 0 aliphatic heterocycles. The van der Waals surface area contributed by atoms with Gasteiger partial charge in [0.05, 0.1) is 12.3 Å². The van der Waals surface area contributed by atoms with Crippen molar-refractivity contribution in [3.63, 3.8) is 0 Å². The highest BCUT2D eigenvalue weighted by atomic mass is 32.2. The van der Waals surface area contributed by atoms with Crippen LogP contribution in [0, 0.1) is 6.92 Å². The van der Waals surface area contributed by atoms with E-state index >= 15 is 0 Å². The molecular weight excluding hydrogens is 224 g/mol. The van der Waals surface area contributed by atoms with Crippen molar-refractivity contribution in [2.75, 3.05) is 7.05 Å². The van der Waals surface area contributed by atoms with Crippen LogP contribution in [-0.2, 0) is 12.3 Å². The zero-order valence-electron chi connectivity index (χ0n) is 9.28. The van der Waals surface area contributed by atoms with Crippen LogP contribution in [0.15, 0.2) is 21.7 Å². The number of hydrogen-bond acceptors (Lipinski definition) is 5. The number of nitrogens with one attached hydrogen (secondary N) is 2. The summed E-state index contributed by atoms with van der Waals surface area (Å²) in [5.74, 6) is 3.47. The molecule has 0 aliphatic rings. The van der Waals surface area contributed by atoms with Crippen LogP contribution in [0.3, 0.4) is 0 Å². The molecule has 0 fully saturated rings. The van der Waals surface area contributed by atoms with Crippen molar-refractivity contribution in [3.8, 4) is 0 Å². The van der Waals surface area contributed by atoms with E-state index in [0.717, 1.165) is 34.8 Å². The Balaban J connectivity index is 1.89. The zero-order valence-corrected chi connectivity index (χ0v) is 10.1. The largest absolute Gasteiger partial charge is 0.464 e. The number of hydrogen-bond donors (Lipinski definition) is 2. The first-order valence-corrected chi connectivity index (χ1v) is 6.00. The van der Waals surface area contributed by atoms with Gasteiger partial charge in [0.15, 0.2) is 0 Å². The number of H-pyrrole nitrogens is 1. The van der Waals surface area contributed by atoms with Gasteiger partial charge in [-0.2, -0.15) is 0 Å². The van der Waals surface area contributed by atoms with Gasteiger partial charge in [-0.25, -0.2) is 4.98 Å². The maximum absolute atomic E-state index is 5.60. The topological polar surface area (TPSA) is 66.7 Å². The van der Waals surface area contributed by atoms with E-state index < -0.39 is 0 Å². The number of nitrogens with zero attached hydrogens (tertiary/aromatic N) is 2. The van der Waals surface area contributed by atoms with Crippen LogP contribution in [0.5, 0.6) is 0 Å². The normalized spacial score (nSPS) is 10.9. The molecular formula is C10H14N4OS. The Morgan fingerprint density at radius 3 is 2.94 bits per heavy atom. The summed E-state index contributed by atoms with van der Waals surface area (Å²) in [5.41, 5.74) is 0. The van der Waals surface area contributed by atoms with Crippen molar-refractivity contribution < 1.29 is 4.42 Å². The first kappa shape index (κ1) is 11.2. The summed E-state index contributed by atoms with van der Waals surface area (Å²) >= 11 is 1.56. The second kappa shape index (κ2) is 5.18. The Labute approximate surface area is 98.0 Å². The fraction of sp³-hybridized carbons (Fsp3) is 0.400. The molecule has 0 aliphatic carbocycles. The van der Waals surface area contributed by atoms with E-state index in [4.69, 9.17) is 4.42 Å². The second-order valence-electron chi connectivity index (χ2n) is 3.39. The number of aromatic amines is 1. The minimum absolute atomic E-state index is 0.751. The van der Waals surface area contributed by atoms with Crippen molar-refractivity contribution in [2.45, 2.75) is 24.4 Å². The Bertz CT molecular complexity index is 451. The average Bonchev–Trinajstić information content (AvgIpc) is 2.85. The third-order valence-corrected chi connectivity index (χ3v) is 2.86. The van der Waals surface area contributed by atoms with Crippen LogP contribution >= 0.6 is 11.8 Å². The van der Waals surface area contributed by atoms with Gasteiger partial charge in [0.1, 0.15) is 17.3 Å². The highest BCUT2D eigenvalue weighted by molar-refractivity contribution is 7.98. The quantitative estimate of drug-likeness (QED) is 0.776. The number of thioether (sulfide) groups is 1. The van der Waals surface area contributed by atoms with Crippen LogP contribution in [0.1, 0.15) is 17.3 Å². The van der Waals surface area contributed by atoms with E-state index in [0.29, 0.717) is 0 Å². The lowest BCUT2D eigenvalue weighted by atomic mass is 10.4. The molecule has 2 rings (SSSR count). The van der Waals surface area contributed by atoms with Crippen molar-refractivity contribution in [2.24, 2.45) is 0 Å². The van der Waals surface area contributed by atoms with Crippen LogP contribution < -0.4 is 5.32 Å². The monoisotopic (exact) mass is 238 g/mol. The summed E-state index contributed by atoms with van der Waals surface area (Å²) < 4.78 is 5.60. The predicted molar refractivity (Wildman–Crippen MR) is 62.2 cm³/mol. The Morgan fingerprint density at radius 1 is 1.44 bits per heavy atom. The fourth-order valence-electron chi connectivity index (χ4n) is 1.29. The minimum atomic E-state index is 0.751. The van der Waals surface area contributed by atoms with E-state index in [1.54, 1.807) is 11.8 Å². The van der Waals surface area contributed by atoms with Gasteiger partial charge < -0.3 is 9.73 Å². The van der Waals surface area contributed by atoms with Gasteiger partial charge in [-0.3, -0.25) is 5.10 Å². The molecule has 0 saturated carbocycles. The maximum Gasteiger partial charge on any atom is 0.208 e. The van der Waals surface area contributed by atoms with Crippen molar-refractivity contribution in [3.05, 3.63) is 29.5 Å². The van der Waals surface area contributed by atoms with Gasteiger partial charge in [0, 0.05) is 0 Å². The summed E-state index contributed by atoms with van der Waals surface area (Å²) in [6.45, 7) is 2.64. The molecule has 0 saturated heterocycles. The third-order valence-electron chi connectivity index (χ3n) is 1.99. The lowest BCUT2D eigenvalue weighted by molar-refractivity contribution is 0.469. The van der Waals surface area contributed by atoms with Crippen molar-refractivity contribution >= 4 is 11.8 Å². The number of aryl methyl sites for hydroxylation is 1. The zero-order chi connectivity index (χ0) is 11.4. The highest BCUT2D eigenvalue weighted by Gasteiger charge is 2.05. The van der Waals surface area contributed by atoms with Gasteiger partial charge >= 0.3 is 0 Å². The average molecular weight is 238 g/mol. The third kappa shape index (κ3) is 2.86. The SMILES string of the molecule is CNCc1ccc(CSc2n[nH]c(C)n2)o1. The van der Waals surface area contributed by atoms with Gasteiger partial charge in [-0.05, 0) is 26.1 Å². The van der Waals surface area contributed by atoms with Crippen LogP contribution in [0.4, 0.5) is 0 Å². The number of aromatic nitrogens is 3.